The van der Waals surface area contributed by atoms with E-state index in [2.05, 4.69) is 42.9 Å². The van der Waals surface area contributed by atoms with Gasteiger partial charge in [-0.2, -0.15) is 4.98 Å². The molecule has 1 aliphatic rings. The molecule has 1 aromatic carbocycles. The molecule has 0 amide bonds. The Hall–Kier alpha value is -2.10. The lowest BCUT2D eigenvalue weighted by Gasteiger charge is -2.19. The second-order valence-corrected chi connectivity index (χ2v) is 6.64. The molecule has 21 heavy (non-hydrogen) atoms. The van der Waals surface area contributed by atoms with Gasteiger partial charge in [-0.3, -0.25) is 0 Å². The van der Waals surface area contributed by atoms with Gasteiger partial charge in [-0.15, -0.1) is 0 Å². The first-order valence-corrected chi connectivity index (χ1v) is 7.35. The van der Waals surface area contributed by atoms with Gasteiger partial charge in [0, 0.05) is 12.0 Å². The molecule has 3 rings (SSSR count). The first-order valence-electron chi connectivity index (χ1n) is 7.35. The van der Waals surface area contributed by atoms with Gasteiger partial charge in [-0.25, -0.2) is 4.98 Å². The third-order valence-corrected chi connectivity index (χ3v) is 3.60. The van der Waals surface area contributed by atoms with Gasteiger partial charge in [0.15, 0.2) is 0 Å². The van der Waals surface area contributed by atoms with E-state index in [1.807, 2.05) is 12.1 Å². The fourth-order valence-electron chi connectivity index (χ4n) is 2.18. The van der Waals surface area contributed by atoms with Crippen molar-refractivity contribution in [2.75, 3.05) is 5.73 Å². The van der Waals surface area contributed by atoms with Gasteiger partial charge in [0.2, 0.25) is 5.88 Å². The number of nitrogen functional groups attached to an aromatic ring is 1. The maximum absolute atomic E-state index is 5.88. The molecule has 2 N–H and O–H groups in total. The zero-order valence-electron chi connectivity index (χ0n) is 12.8. The van der Waals surface area contributed by atoms with E-state index >= 15 is 0 Å². The maximum atomic E-state index is 5.88. The lowest BCUT2D eigenvalue weighted by Crippen LogP contribution is -2.10. The lowest BCUT2D eigenvalue weighted by atomic mass is 9.87. The van der Waals surface area contributed by atoms with Crippen molar-refractivity contribution >= 4 is 5.82 Å². The molecule has 0 unspecified atom stereocenters. The van der Waals surface area contributed by atoms with Crippen LogP contribution >= 0.6 is 0 Å². The van der Waals surface area contributed by atoms with Gasteiger partial charge in [0.25, 0.3) is 0 Å². The molecule has 0 radical (unpaired) electrons. The Balaban J connectivity index is 1.86. The average molecular weight is 283 g/mol. The van der Waals surface area contributed by atoms with Crippen LogP contribution in [0.15, 0.2) is 30.3 Å². The molecule has 1 saturated carbocycles. The van der Waals surface area contributed by atoms with Crippen LogP contribution in [0.4, 0.5) is 5.82 Å². The second kappa shape index (κ2) is 5.02. The van der Waals surface area contributed by atoms with Crippen molar-refractivity contribution < 1.29 is 4.74 Å². The Labute approximate surface area is 125 Å². The molecule has 1 aromatic heterocycles. The Kier molecular flexibility index (Phi) is 3.32. The highest BCUT2D eigenvalue weighted by atomic mass is 16.5. The van der Waals surface area contributed by atoms with Crippen molar-refractivity contribution in [3.8, 4) is 11.6 Å². The summed E-state index contributed by atoms with van der Waals surface area (Å²) in [5, 5.41) is 0. The van der Waals surface area contributed by atoms with Crippen LogP contribution in [0.25, 0.3) is 0 Å². The molecule has 0 saturated heterocycles. The van der Waals surface area contributed by atoms with Crippen molar-refractivity contribution in [2.24, 2.45) is 0 Å². The van der Waals surface area contributed by atoms with Gasteiger partial charge in [0.1, 0.15) is 17.4 Å². The largest absolute Gasteiger partial charge is 0.439 e. The van der Waals surface area contributed by atoms with E-state index in [-0.39, 0.29) is 5.41 Å². The van der Waals surface area contributed by atoms with Gasteiger partial charge in [-0.05, 0) is 36.0 Å². The number of benzene rings is 1. The Morgan fingerprint density at radius 3 is 2.57 bits per heavy atom. The summed E-state index contributed by atoms with van der Waals surface area (Å²) < 4.78 is 5.88. The second-order valence-electron chi connectivity index (χ2n) is 6.64. The van der Waals surface area contributed by atoms with Crippen molar-refractivity contribution in [2.45, 2.75) is 44.9 Å². The highest BCUT2D eigenvalue weighted by Crippen LogP contribution is 2.39. The summed E-state index contributed by atoms with van der Waals surface area (Å²) in [6, 6.07) is 9.77. The Morgan fingerprint density at radius 1 is 1.14 bits per heavy atom. The summed E-state index contributed by atoms with van der Waals surface area (Å²) in [7, 11) is 0. The minimum absolute atomic E-state index is 0.0866. The molecular formula is C17H21N3O. The number of rotatable bonds is 3. The molecule has 4 nitrogen and oxygen atoms in total. The molecule has 1 fully saturated rings. The normalized spacial score (nSPS) is 15.0. The standard InChI is InChI=1S/C17H21N3O/c1-17(2,3)12-5-4-6-13(9-12)21-15-10-14(18)19-16(20-15)11-7-8-11/h4-6,9-11H,7-8H2,1-3H3,(H2,18,19,20). The van der Waals surface area contributed by atoms with Crippen molar-refractivity contribution in [3.63, 3.8) is 0 Å². The molecule has 0 bridgehead atoms. The first-order chi connectivity index (χ1) is 9.91. The van der Waals surface area contributed by atoms with Crippen molar-refractivity contribution in [1.82, 2.24) is 9.97 Å². The highest BCUT2D eigenvalue weighted by molar-refractivity contribution is 5.39. The smallest absolute Gasteiger partial charge is 0.224 e. The summed E-state index contributed by atoms with van der Waals surface area (Å²) in [4.78, 5) is 8.75. The highest BCUT2D eigenvalue weighted by Gasteiger charge is 2.27. The minimum Gasteiger partial charge on any atom is -0.439 e. The zero-order valence-corrected chi connectivity index (χ0v) is 12.8. The number of ether oxygens (including phenoxy) is 1. The number of hydrogen-bond acceptors (Lipinski definition) is 4. The van der Waals surface area contributed by atoms with Crippen LogP contribution in [0.5, 0.6) is 11.6 Å². The van der Waals surface area contributed by atoms with E-state index in [9.17, 15) is 0 Å². The topological polar surface area (TPSA) is 61.0 Å². The van der Waals surface area contributed by atoms with Crippen LogP contribution < -0.4 is 10.5 Å². The predicted molar refractivity (Wildman–Crippen MR) is 83.6 cm³/mol. The van der Waals surface area contributed by atoms with E-state index < -0.39 is 0 Å². The third-order valence-electron chi connectivity index (χ3n) is 3.60. The first kappa shape index (κ1) is 13.9. The number of nitrogens with zero attached hydrogens (tertiary/aromatic N) is 2. The van der Waals surface area contributed by atoms with E-state index in [4.69, 9.17) is 10.5 Å². The molecule has 0 atom stereocenters. The lowest BCUT2D eigenvalue weighted by molar-refractivity contribution is 0.456. The number of aromatic nitrogens is 2. The van der Waals surface area contributed by atoms with E-state index in [0.717, 1.165) is 24.4 Å². The van der Waals surface area contributed by atoms with Crippen molar-refractivity contribution in [3.05, 3.63) is 41.7 Å². The van der Waals surface area contributed by atoms with Gasteiger partial charge in [0.05, 0.1) is 0 Å². The monoisotopic (exact) mass is 283 g/mol. The van der Waals surface area contributed by atoms with Gasteiger partial charge >= 0.3 is 0 Å². The predicted octanol–water partition coefficient (Wildman–Crippen LogP) is 4.03. The number of nitrogens with two attached hydrogens (primary N) is 1. The fraction of sp³-hybridized carbons (Fsp3) is 0.412. The average Bonchev–Trinajstić information content (AvgIpc) is 3.21. The summed E-state index contributed by atoms with van der Waals surface area (Å²) in [6.07, 6.45) is 2.28. The van der Waals surface area contributed by atoms with Gasteiger partial charge in [-0.1, -0.05) is 32.9 Å². The summed E-state index contributed by atoms with van der Waals surface area (Å²) in [5.41, 5.74) is 7.16. The van der Waals surface area contributed by atoms with E-state index in [1.54, 1.807) is 6.07 Å². The zero-order chi connectivity index (χ0) is 15.0. The van der Waals surface area contributed by atoms with Crippen LogP contribution in [-0.4, -0.2) is 9.97 Å². The minimum atomic E-state index is 0.0866. The molecule has 1 aliphatic carbocycles. The summed E-state index contributed by atoms with van der Waals surface area (Å²) in [5.74, 6) is 3.03. The SMILES string of the molecule is CC(C)(C)c1cccc(Oc2cc(N)nc(C3CC3)n2)c1. The van der Waals surface area contributed by atoms with Crippen molar-refractivity contribution in [1.29, 1.82) is 0 Å². The van der Waals surface area contributed by atoms with Crippen LogP contribution in [0, 0.1) is 0 Å². The molecule has 110 valence electrons. The maximum Gasteiger partial charge on any atom is 0.224 e. The molecule has 1 heterocycles. The van der Waals surface area contributed by atoms with E-state index in [0.29, 0.717) is 17.6 Å². The quantitative estimate of drug-likeness (QED) is 0.924. The van der Waals surface area contributed by atoms with Crippen LogP contribution in [0.3, 0.4) is 0 Å². The molecule has 0 aliphatic heterocycles. The fourth-order valence-corrected chi connectivity index (χ4v) is 2.18. The molecule has 0 spiro atoms. The number of anilines is 1. The van der Waals surface area contributed by atoms with E-state index in [1.165, 1.54) is 5.56 Å². The van der Waals surface area contributed by atoms with Crippen LogP contribution in [0.2, 0.25) is 0 Å². The Morgan fingerprint density at radius 2 is 1.90 bits per heavy atom. The Bertz CT molecular complexity index is 657. The van der Waals surface area contributed by atoms with Crippen LogP contribution in [-0.2, 0) is 5.41 Å². The molecule has 4 heteroatoms. The van der Waals surface area contributed by atoms with Crippen LogP contribution in [0.1, 0.15) is 50.9 Å². The molecular weight excluding hydrogens is 262 g/mol. The number of hydrogen-bond donors (Lipinski definition) is 1. The third kappa shape index (κ3) is 3.32. The molecule has 2 aromatic rings. The summed E-state index contributed by atoms with van der Waals surface area (Å²) >= 11 is 0. The van der Waals surface area contributed by atoms with Gasteiger partial charge < -0.3 is 10.5 Å². The summed E-state index contributed by atoms with van der Waals surface area (Å²) in [6.45, 7) is 6.54.